The molecular formula is C9H19NO3. The van der Waals surface area contributed by atoms with Crippen LogP contribution in [0, 0.1) is 0 Å². The predicted molar refractivity (Wildman–Crippen MR) is 50.2 cm³/mol. The van der Waals surface area contributed by atoms with Crippen LogP contribution in [0.25, 0.3) is 0 Å². The minimum atomic E-state index is -0.425. The molecule has 0 N–H and O–H groups in total. The van der Waals surface area contributed by atoms with E-state index in [1.165, 1.54) is 5.06 Å². The average Bonchev–Trinajstić information content (AvgIpc) is 1.99. The Bertz CT molecular complexity index is 157. The van der Waals surface area contributed by atoms with Gasteiger partial charge >= 0.3 is 6.09 Å². The predicted octanol–water partition coefficient (Wildman–Crippen LogP) is 2.19. The fraction of sp³-hybridized carbons (Fsp3) is 0.889. The Kier molecular flexibility index (Phi) is 5.46. The van der Waals surface area contributed by atoms with Crippen molar-refractivity contribution < 1.29 is 14.4 Å². The van der Waals surface area contributed by atoms with E-state index in [-0.39, 0.29) is 12.1 Å². The van der Waals surface area contributed by atoms with E-state index in [9.17, 15) is 4.79 Å². The van der Waals surface area contributed by atoms with Crippen LogP contribution in [0.2, 0.25) is 0 Å². The molecule has 0 atom stereocenters. The highest BCUT2D eigenvalue weighted by Gasteiger charge is 2.20. The van der Waals surface area contributed by atoms with E-state index in [1.54, 1.807) is 6.92 Å². The van der Waals surface area contributed by atoms with E-state index >= 15 is 0 Å². The molecule has 0 fully saturated rings. The van der Waals surface area contributed by atoms with Crippen LogP contribution in [-0.2, 0) is 9.57 Å². The van der Waals surface area contributed by atoms with Crippen LogP contribution in [0.5, 0.6) is 0 Å². The van der Waals surface area contributed by atoms with Gasteiger partial charge in [0, 0.05) is 0 Å². The molecule has 0 aliphatic carbocycles. The Hall–Kier alpha value is -0.770. The SMILES string of the molecule is CCOC(=O)N(OC(C)C)C(C)C. The van der Waals surface area contributed by atoms with Crippen molar-refractivity contribution in [2.75, 3.05) is 6.61 Å². The molecule has 0 unspecified atom stereocenters. The fourth-order valence-electron chi connectivity index (χ4n) is 0.790. The van der Waals surface area contributed by atoms with E-state index in [4.69, 9.17) is 9.57 Å². The Morgan fingerprint density at radius 3 is 2.15 bits per heavy atom. The normalized spacial score (nSPS) is 10.7. The van der Waals surface area contributed by atoms with Gasteiger partial charge in [0.2, 0.25) is 0 Å². The van der Waals surface area contributed by atoms with Gasteiger partial charge in [0.1, 0.15) is 0 Å². The summed E-state index contributed by atoms with van der Waals surface area (Å²) in [5, 5.41) is 1.26. The summed E-state index contributed by atoms with van der Waals surface area (Å²) in [4.78, 5) is 16.6. The molecule has 0 aliphatic rings. The molecule has 0 radical (unpaired) electrons. The molecule has 0 aromatic heterocycles. The van der Waals surface area contributed by atoms with E-state index in [2.05, 4.69) is 0 Å². The molecule has 4 heteroatoms. The quantitative estimate of drug-likeness (QED) is 0.636. The molecule has 0 bridgehead atoms. The second-order valence-electron chi connectivity index (χ2n) is 3.27. The number of hydroxylamine groups is 2. The summed E-state index contributed by atoms with van der Waals surface area (Å²) in [6.07, 6.45) is -0.446. The molecule has 0 heterocycles. The Balaban J connectivity index is 4.15. The van der Waals surface area contributed by atoms with Gasteiger partial charge in [0.15, 0.2) is 0 Å². The zero-order valence-electron chi connectivity index (χ0n) is 9.03. The summed E-state index contributed by atoms with van der Waals surface area (Å²) in [5.41, 5.74) is 0. The molecule has 13 heavy (non-hydrogen) atoms. The van der Waals surface area contributed by atoms with Crippen molar-refractivity contribution in [3.63, 3.8) is 0 Å². The van der Waals surface area contributed by atoms with Crippen molar-refractivity contribution in [3.05, 3.63) is 0 Å². The number of amides is 1. The highest BCUT2D eigenvalue weighted by Crippen LogP contribution is 2.05. The van der Waals surface area contributed by atoms with E-state index < -0.39 is 6.09 Å². The summed E-state index contributed by atoms with van der Waals surface area (Å²) in [7, 11) is 0. The maximum Gasteiger partial charge on any atom is 0.434 e. The smallest absolute Gasteiger partial charge is 0.434 e. The van der Waals surface area contributed by atoms with Gasteiger partial charge < -0.3 is 4.74 Å². The summed E-state index contributed by atoms with van der Waals surface area (Å²) in [6, 6.07) is -0.0125. The van der Waals surface area contributed by atoms with Crippen LogP contribution in [0.15, 0.2) is 0 Å². The molecule has 0 aromatic rings. The Labute approximate surface area is 79.8 Å². The third kappa shape index (κ3) is 4.72. The van der Waals surface area contributed by atoms with Gasteiger partial charge in [0.05, 0.1) is 18.8 Å². The van der Waals surface area contributed by atoms with Gasteiger partial charge in [-0.15, -0.1) is 0 Å². The van der Waals surface area contributed by atoms with E-state index in [0.29, 0.717) is 6.61 Å². The molecule has 4 nitrogen and oxygen atoms in total. The number of ether oxygens (including phenoxy) is 1. The summed E-state index contributed by atoms with van der Waals surface area (Å²) >= 11 is 0. The summed E-state index contributed by atoms with van der Waals surface area (Å²) in [6.45, 7) is 9.62. The Morgan fingerprint density at radius 1 is 1.31 bits per heavy atom. The van der Waals surface area contributed by atoms with Crippen molar-refractivity contribution in [3.8, 4) is 0 Å². The van der Waals surface area contributed by atoms with Crippen molar-refractivity contribution >= 4 is 6.09 Å². The number of rotatable bonds is 4. The zero-order chi connectivity index (χ0) is 10.4. The Morgan fingerprint density at radius 2 is 1.85 bits per heavy atom. The minimum Gasteiger partial charge on any atom is -0.448 e. The lowest BCUT2D eigenvalue weighted by molar-refractivity contribution is -0.180. The maximum absolute atomic E-state index is 11.3. The number of carbonyl (C=O) groups is 1. The molecule has 0 aliphatic heterocycles. The van der Waals surface area contributed by atoms with Crippen LogP contribution in [0.3, 0.4) is 0 Å². The monoisotopic (exact) mass is 189 g/mol. The van der Waals surface area contributed by atoms with Gasteiger partial charge in [-0.1, -0.05) is 0 Å². The molecule has 78 valence electrons. The van der Waals surface area contributed by atoms with E-state index in [0.717, 1.165) is 0 Å². The van der Waals surface area contributed by atoms with Crippen molar-refractivity contribution in [1.29, 1.82) is 0 Å². The number of hydrogen-bond acceptors (Lipinski definition) is 3. The first-order chi connectivity index (χ1) is 5.99. The van der Waals surface area contributed by atoms with Crippen LogP contribution < -0.4 is 0 Å². The standard InChI is InChI=1S/C9H19NO3/c1-6-12-9(11)10(7(2)3)13-8(4)5/h7-8H,6H2,1-5H3. The summed E-state index contributed by atoms with van der Waals surface area (Å²) in [5.74, 6) is 0. The second kappa shape index (κ2) is 5.80. The van der Waals surface area contributed by atoms with Crippen LogP contribution in [-0.4, -0.2) is 29.9 Å². The summed E-state index contributed by atoms with van der Waals surface area (Å²) < 4.78 is 4.83. The van der Waals surface area contributed by atoms with Gasteiger partial charge in [-0.25, -0.2) is 4.79 Å². The third-order valence-electron chi connectivity index (χ3n) is 1.24. The van der Waals surface area contributed by atoms with Gasteiger partial charge in [0.25, 0.3) is 0 Å². The fourth-order valence-corrected chi connectivity index (χ4v) is 0.790. The highest BCUT2D eigenvalue weighted by molar-refractivity contribution is 5.66. The highest BCUT2D eigenvalue weighted by atomic mass is 16.7. The molecule has 1 amide bonds. The van der Waals surface area contributed by atoms with Crippen molar-refractivity contribution in [1.82, 2.24) is 5.06 Å². The minimum absolute atomic E-state index is 0.0125. The molecule has 0 saturated heterocycles. The van der Waals surface area contributed by atoms with Crippen LogP contribution in [0.1, 0.15) is 34.6 Å². The van der Waals surface area contributed by atoms with Gasteiger partial charge in [-0.3, -0.25) is 4.84 Å². The first kappa shape index (κ1) is 12.2. The average molecular weight is 189 g/mol. The number of hydrogen-bond donors (Lipinski definition) is 0. The largest absolute Gasteiger partial charge is 0.448 e. The first-order valence-corrected chi connectivity index (χ1v) is 4.61. The molecule has 0 rings (SSSR count). The molecule has 0 spiro atoms. The topological polar surface area (TPSA) is 38.8 Å². The molecular weight excluding hydrogens is 170 g/mol. The van der Waals surface area contributed by atoms with Gasteiger partial charge in [-0.05, 0) is 34.6 Å². The van der Waals surface area contributed by atoms with Crippen LogP contribution in [0.4, 0.5) is 4.79 Å². The zero-order valence-corrected chi connectivity index (χ0v) is 9.03. The molecule has 0 saturated carbocycles. The lowest BCUT2D eigenvalue weighted by Crippen LogP contribution is -2.39. The van der Waals surface area contributed by atoms with E-state index in [1.807, 2.05) is 27.7 Å². The first-order valence-electron chi connectivity index (χ1n) is 4.61. The number of carbonyl (C=O) groups excluding carboxylic acids is 1. The lowest BCUT2D eigenvalue weighted by atomic mass is 10.4. The third-order valence-corrected chi connectivity index (χ3v) is 1.24. The molecule has 0 aromatic carbocycles. The van der Waals surface area contributed by atoms with Crippen molar-refractivity contribution in [2.24, 2.45) is 0 Å². The van der Waals surface area contributed by atoms with Crippen molar-refractivity contribution in [2.45, 2.75) is 46.8 Å². The number of nitrogens with zero attached hydrogens (tertiary/aromatic N) is 1. The second-order valence-corrected chi connectivity index (χ2v) is 3.27. The van der Waals surface area contributed by atoms with Gasteiger partial charge in [-0.2, -0.15) is 5.06 Å². The van der Waals surface area contributed by atoms with Crippen LogP contribution >= 0.6 is 0 Å². The lowest BCUT2D eigenvalue weighted by Gasteiger charge is -2.26. The maximum atomic E-state index is 11.3.